The second-order valence-electron chi connectivity index (χ2n) is 16.2. The monoisotopic (exact) mass is 784 g/mol. The zero-order valence-electron chi connectivity index (χ0n) is 32.0. The predicted molar refractivity (Wildman–Crippen MR) is 209 cm³/mol. The molecule has 4 fully saturated rings. The molecular weight excluding hydrogens is 724 g/mol. The third-order valence-corrected chi connectivity index (χ3v) is 12.6. The van der Waals surface area contributed by atoms with Gasteiger partial charge in [-0.2, -0.15) is 0 Å². The van der Waals surface area contributed by atoms with Gasteiger partial charge in [-0.15, -0.1) is 0 Å². The summed E-state index contributed by atoms with van der Waals surface area (Å²) in [4.78, 5) is 16.5. The van der Waals surface area contributed by atoms with Crippen molar-refractivity contribution in [1.29, 1.82) is 0 Å². The molecule has 0 unspecified atom stereocenters. The molecule has 1 heterocycles. The summed E-state index contributed by atoms with van der Waals surface area (Å²) < 4.78 is 0. The van der Waals surface area contributed by atoms with E-state index in [2.05, 4.69) is 69.3 Å². The Kier molecular flexibility index (Phi) is 17.0. The third kappa shape index (κ3) is 10.2. The third-order valence-electron chi connectivity index (χ3n) is 12.6. The van der Waals surface area contributed by atoms with Crippen LogP contribution in [-0.2, 0) is 16.8 Å². The number of halogens is 2. The van der Waals surface area contributed by atoms with Crippen molar-refractivity contribution in [1.82, 2.24) is 4.98 Å². The maximum atomic E-state index is 5.57. The fraction of sp³-hybridized carbons (Fsp3) is 0.587. The van der Waals surface area contributed by atoms with E-state index in [-0.39, 0.29) is 41.6 Å². The van der Waals surface area contributed by atoms with Crippen molar-refractivity contribution in [2.45, 2.75) is 173 Å². The fourth-order valence-corrected chi connectivity index (χ4v) is 9.88. The van der Waals surface area contributed by atoms with Gasteiger partial charge in [0.2, 0.25) is 0 Å². The van der Waals surface area contributed by atoms with Gasteiger partial charge in [-0.25, -0.2) is 4.98 Å². The average Bonchev–Trinajstić information content (AvgIpc) is 3.16. The first-order chi connectivity index (χ1) is 24.0. The zero-order chi connectivity index (χ0) is 33.6. The van der Waals surface area contributed by atoms with Gasteiger partial charge >= 0.3 is 16.8 Å². The minimum Gasteiger partial charge on any atom is -1.00 e. The average molecular weight is 786 g/mol. The number of hydrogen-bond donors (Lipinski definition) is 0. The molecule has 1 aromatic heterocycles. The Labute approximate surface area is 338 Å². The number of aryl methyl sites for hydroxylation is 1. The van der Waals surface area contributed by atoms with Crippen LogP contribution in [0, 0.1) is 6.92 Å². The molecule has 3 aromatic rings. The minimum absolute atomic E-state index is 0. The van der Waals surface area contributed by atoms with Crippen LogP contribution in [0.25, 0.3) is 0 Å². The molecule has 0 atom stereocenters. The molecule has 0 N–H and O–H groups in total. The van der Waals surface area contributed by atoms with E-state index in [1.807, 2.05) is 0 Å². The van der Waals surface area contributed by atoms with Crippen LogP contribution in [0.2, 0.25) is 0 Å². The van der Waals surface area contributed by atoms with Crippen molar-refractivity contribution in [3.63, 3.8) is 0 Å². The van der Waals surface area contributed by atoms with Gasteiger partial charge in [-0.1, -0.05) is 113 Å². The molecule has 0 amide bonds. The fourth-order valence-electron chi connectivity index (χ4n) is 9.88. The summed E-state index contributed by atoms with van der Waals surface area (Å²) in [5.74, 6) is 2.51. The molecule has 1 radical (unpaired) electrons. The van der Waals surface area contributed by atoms with Gasteiger partial charge in [0.25, 0.3) is 0 Å². The van der Waals surface area contributed by atoms with Gasteiger partial charge in [0.1, 0.15) is 0 Å². The SMILES string of the molecule is CC(=Nc1c(C2CCCCC2)cccc1C1CCCCC1)c1cc(C)cc(C(C)=Nc2c(C3CCCCC3)cccc2C2CCCCC2)n1.[Cl-].[Cl-].[Co+2]. The molecule has 7 rings (SSSR count). The summed E-state index contributed by atoms with van der Waals surface area (Å²) in [6.45, 7) is 6.60. The summed E-state index contributed by atoms with van der Waals surface area (Å²) in [5.41, 5.74) is 13.8. The van der Waals surface area contributed by atoms with E-state index in [0.29, 0.717) is 23.7 Å². The number of hydrogen-bond acceptors (Lipinski definition) is 3. The Hall–Kier alpha value is -1.98. The van der Waals surface area contributed by atoms with Gasteiger partial charge in [0.05, 0.1) is 34.2 Å². The summed E-state index contributed by atoms with van der Waals surface area (Å²) >= 11 is 0. The zero-order valence-corrected chi connectivity index (χ0v) is 34.6. The summed E-state index contributed by atoms with van der Waals surface area (Å²) in [6, 6.07) is 18.7. The van der Waals surface area contributed by atoms with Crippen LogP contribution in [-0.4, -0.2) is 16.4 Å². The van der Waals surface area contributed by atoms with Crippen LogP contribution >= 0.6 is 0 Å². The molecule has 2 aromatic carbocycles. The number of rotatable bonds is 8. The number of benzene rings is 2. The number of aliphatic imine (C=N–C) groups is 2. The topological polar surface area (TPSA) is 37.6 Å². The smallest absolute Gasteiger partial charge is 1.00 e. The van der Waals surface area contributed by atoms with E-state index in [1.54, 1.807) is 0 Å². The van der Waals surface area contributed by atoms with Gasteiger partial charge in [0.15, 0.2) is 0 Å². The molecule has 3 nitrogen and oxygen atoms in total. The molecule has 0 saturated heterocycles. The molecule has 4 aliphatic rings. The summed E-state index contributed by atoms with van der Waals surface area (Å²) in [6.07, 6.45) is 26.6. The van der Waals surface area contributed by atoms with Crippen molar-refractivity contribution in [3.05, 3.63) is 87.7 Å². The van der Waals surface area contributed by atoms with E-state index in [1.165, 1.54) is 168 Å². The van der Waals surface area contributed by atoms with E-state index in [9.17, 15) is 0 Å². The molecule has 0 bridgehead atoms. The number of aromatic nitrogens is 1. The van der Waals surface area contributed by atoms with Crippen molar-refractivity contribution in [2.24, 2.45) is 9.98 Å². The second-order valence-corrected chi connectivity index (χ2v) is 16.2. The Bertz CT molecular complexity index is 1450. The quantitative estimate of drug-likeness (QED) is 0.215. The largest absolute Gasteiger partial charge is 2.00 e. The van der Waals surface area contributed by atoms with Crippen molar-refractivity contribution in [2.75, 3.05) is 0 Å². The van der Waals surface area contributed by atoms with E-state index in [0.717, 1.165) is 22.8 Å². The predicted octanol–water partition coefficient (Wildman–Crippen LogP) is 7.87. The normalized spacial score (nSPS) is 20.1. The number of pyridine rings is 1. The Morgan fingerprint density at radius 3 is 1.02 bits per heavy atom. The van der Waals surface area contributed by atoms with Gasteiger partial charge in [-0.3, -0.25) is 9.98 Å². The van der Waals surface area contributed by atoms with E-state index in [4.69, 9.17) is 15.0 Å². The second kappa shape index (κ2) is 20.6. The van der Waals surface area contributed by atoms with Crippen molar-refractivity contribution < 1.29 is 41.6 Å². The Morgan fingerprint density at radius 1 is 0.481 bits per heavy atom. The molecule has 4 saturated carbocycles. The summed E-state index contributed by atoms with van der Waals surface area (Å²) in [7, 11) is 0. The minimum atomic E-state index is 0. The van der Waals surface area contributed by atoms with Crippen LogP contribution < -0.4 is 24.8 Å². The van der Waals surface area contributed by atoms with E-state index < -0.39 is 0 Å². The first-order valence-corrected chi connectivity index (χ1v) is 20.4. The standard InChI is InChI=1S/C46H61N3.2ClH.Co/c1-32-30-43(33(2)47-45-39(35-18-8-4-9-19-35)26-16-27-40(45)36-20-10-5-11-21-36)49-44(31-32)34(3)48-46-41(37-22-12-6-13-23-37)28-17-29-42(46)38-24-14-7-15-25-38;;;/h16-17,26-31,35-38H,4-15,18-25H2,1-3H3;2*1H;/q;;;+2/p-2. The number of nitrogens with zero attached hydrogens (tertiary/aromatic N) is 3. The maximum Gasteiger partial charge on any atom is 2.00 e. The van der Waals surface area contributed by atoms with Crippen LogP contribution in [0.4, 0.5) is 11.4 Å². The number of para-hydroxylation sites is 2. The maximum absolute atomic E-state index is 5.57. The van der Waals surface area contributed by atoms with Crippen LogP contribution in [0.1, 0.15) is 205 Å². The molecule has 6 heteroatoms. The Morgan fingerprint density at radius 2 is 0.750 bits per heavy atom. The van der Waals surface area contributed by atoms with Gasteiger partial charge < -0.3 is 24.8 Å². The van der Waals surface area contributed by atoms with Crippen LogP contribution in [0.5, 0.6) is 0 Å². The van der Waals surface area contributed by atoms with Crippen LogP contribution in [0.15, 0.2) is 58.5 Å². The molecule has 0 spiro atoms. The van der Waals surface area contributed by atoms with Crippen molar-refractivity contribution >= 4 is 22.8 Å². The Balaban J connectivity index is 0.00000202. The molecule has 0 aliphatic heterocycles. The molecule has 4 aliphatic carbocycles. The van der Waals surface area contributed by atoms with Gasteiger partial charge in [-0.05, 0) is 136 Å². The van der Waals surface area contributed by atoms with E-state index >= 15 is 0 Å². The first kappa shape index (κ1) is 42.8. The van der Waals surface area contributed by atoms with Crippen LogP contribution in [0.3, 0.4) is 0 Å². The molecule has 283 valence electrons. The molecule has 52 heavy (non-hydrogen) atoms. The molecular formula is C46H61Cl2CoN3. The van der Waals surface area contributed by atoms with Crippen molar-refractivity contribution in [3.8, 4) is 0 Å². The summed E-state index contributed by atoms with van der Waals surface area (Å²) in [5, 5.41) is 0. The van der Waals surface area contributed by atoms with Gasteiger partial charge in [0, 0.05) is 0 Å². The first-order valence-electron chi connectivity index (χ1n) is 20.4.